The van der Waals surface area contributed by atoms with Crippen molar-refractivity contribution in [1.82, 2.24) is 0 Å². The van der Waals surface area contributed by atoms with Gasteiger partial charge in [-0.2, -0.15) is 0 Å². The van der Waals surface area contributed by atoms with E-state index in [-0.39, 0.29) is 6.04 Å². The molecule has 1 aromatic rings. The lowest BCUT2D eigenvalue weighted by Gasteiger charge is -2.18. The number of rotatable bonds is 2. The van der Waals surface area contributed by atoms with E-state index in [0.717, 1.165) is 29.8 Å². The van der Waals surface area contributed by atoms with Gasteiger partial charge >= 0.3 is 0 Å². The molecule has 86 valence electrons. The summed E-state index contributed by atoms with van der Waals surface area (Å²) in [6.45, 7) is 0. The Balaban J connectivity index is 2.14. The Kier molecular flexibility index (Phi) is 3.91. The van der Waals surface area contributed by atoms with Gasteiger partial charge in [0.25, 0.3) is 0 Å². The fourth-order valence-corrected chi connectivity index (χ4v) is 2.57. The van der Waals surface area contributed by atoms with E-state index in [1.165, 1.54) is 12.0 Å². The number of benzene rings is 1. The third-order valence-corrected chi connectivity index (χ3v) is 3.50. The van der Waals surface area contributed by atoms with E-state index in [2.05, 4.69) is 6.08 Å². The highest BCUT2D eigenvalue weighted by atomic mass is 35.5. The second-order valence-corrected chi connectivity index (χ2v) is 5.14. The minimum atomic E-state index is 0.217. The highest BCUT2D eigenvalue weighted by Crippen LogP contribution is 2.26. The smallest absolute Gasteiger partial charge is 0.0456 e. The number of nitrogens with two attached hydrogens (primary N) is 1. The molecule has 1 aromatic carbocycles. The summed E-state index contributed by atoms with van der Waals surface area (Å²) < 4.78 is 0. The molecule has 1 nitrogen and oxygen atoms in total. The summed E-state index contributed by atoms with van der Waals surface area (Å²) in [5.41, 5.74) is 8.43. The largest absolute Gasteiger partial charge is 0.324 e. The minimum Gasteiger partial charge on any atom is -0.324 e. The molecule has 0 amide bonds. The minimum absolute atomic E-state index is 0.217. The molecular weight excluding hydrogens is 241 g/mol. The van der Waals surface area contributed by atoms with Crippen LogP contribution in [0.2, 0.25) is 10.0 Å². The predicted octanol–water partition coefficient (Wildman–Crippen LogP) is 3.97. The van der Waals surface area contributed by atoms with E-state index >= 15 is 0 Å². The summed E-state index contributed by atoms with van der Waals surface area (Å²) >= 11 is 12.0. The normalized spacial score (nSPS) is 20.7. The van der Waals surface area contributed by atoms with Crippen molar-refractivity contribution in [2.45, 2.75) is 31.7 Å². The van der Waals surface area contributed by atoms with Crippen LogP contribution in [0.15, 0.2) is 29.8 Å². The van der Waals surface area contributed by atoms with Crippen LogP contribution in [0.25, 0.3) is 0 Å². The first-order chi connectivity index (χ1) is 7.65. The van der Waals surface area contributed by atoms with E-state index in [1.54, 1.807) is 6.07 Å². The van der Waals surface area contributed by atoms with Crippen molar-refractivity contribution in [1.29, 1.82) is 0 Å². The third kappa shape index (κ3) is 3.00. The molecule has 1 unspecified atom stereocenters. The van der Waals surface area contributed by atoms with E-state index in [0.29, 0.717) is 5.02 Å². The van der Waals surface area contributed by atoms with Crippen LogP contribution >= 0.6 is 23.2 Å². The van der Waals surface area contributed by atoms with Gasteiger partial charge in [-0.3, -0.25) is 0 Å². The standard InChI is InChI=1S/C13H15Cl2N/c14-11-5-4-10(13(15)8-11)6-9-2-1-3-12(16)7-9/h4-5,7-8,12H,1-3,6,16H2. The summed E-state index contributed by atoms with van der Waals surface area (Å²) in [5, 5.41) is 1.43. The van der Waals surface area contributed by atoms with Crippen LogP contribution in [-0.4, -0.2) is 6.04 Å². The van der Waals surface area contributed by atoms with Gasteiger partial charge in [-0.25, -0.2) is 0 Å². The Morgan fingerprint density at radius 2 is 2.12 bits per heavy atom. The van der Waals surface area contributed by atoms with Crippen LogP contribution < -0.4 is 5.73 Å². The second-order valence-electron chi connectivity index (χ2n) is 4.29. The lowest BCUT2D eigenvalue weighted by molar-refractivity contribution is 0.617. The van der Waals surface area contributed by atoms with E-state index in [9.17, 15) is 0 Å². The van der Waals surface area contributed by atoms with Gasteiger partial charge in [0.1, 0.15) is 0 Å². The lowest BCUT2D eigenvalue weighted by Crippen LogP contribution is -2.20. The lowest BCUT2D eigenvalue weighted by atomic mass is 9.92. The molecule has 1 aliphatic carbocycles. The topological polar surface area (TPSA) is 26.0 Å². The van der Waals surface area contributed by atoms with Crippen LogP contribution in [0.1, 0.15) is 24.8 Å². The van der Waals surface area contributed by atoms with Crippen LogP contribution in [0.3, 0.4) is 0 Å². The predicted molar refractivity (Wildman–Crippen MR) is 70.1 cm³/mol. The zero-order chi connectivity index (χ0) is 11.5. The first-order valence-corrected chi connectivity index (χ1v) is 6.30. The van der Waals surface area contributed by atoms with Gasteiger partial charge in [0, 0.05) is 16.1 Å². The molecule has 0 bridgehead atoms. The average molecular weight is 256 g/mol. The Bertz CT molecular complexity index is 412. The maximum atomic E-state index is 6.14. The molecule has 3 heteroatoms. The quantitative estimate of drug-likeness (QED) is 0.796. The van der Waals surface area contributed by atoms with Crippen molar-refractivity contribution in [3.8, 4) is 0 Å². The Morgan fingerprint density at radius 1 is 1.31 bits per heavy atom. The third-order valence-electron chi connectivity index (χ3n) is 2.92. The van der Waals surface area contributed by atoms with Crippen molar-refractivity contribution in [3.05, 3.63) is 45.5 Å². The average Bonchev–Trinajstić information content (AvgIpc) is 2.22. The molecule has 0 aromatic heterocycles. The van der Waals surface area contributed by atoms with Gasteiger partial charge < -0.3 is 5.73 Å². The van der Waals surface area contributed by atoms with Crippen LogP contribution in [0.4, 0.5) is 0 Å². The molecule has 0 radical (unpaired) electrons. The molecular formula is C13H15Cl2N. The molecule has 16 heavy (non-hydrogen) atoms. The van der Waals surface area contributed by atoms with Gasteiger partial charge in [-0.15, -0.1) is 0 Å². The summed E-state index contributed by atoms with van der Waals surface area (Å²) in [4.78, 5) is 0. The summed E-state index contributed by atoms with van der Waals surface area (Å²) in [5.74, 6) is 0. The molecule has 1 aliphatic rings. The van der Waals surface area contributed by atoms with E-state index in [4.69, 9.17) is 28.9 Å². The maximum Gasteiger partial charge on any atom is 0.0456 e. The molecule has 0 saturated heterocycles. The van der Waals surface area contributed by atoms with Crippen LogP contribution in [0, 0.1) is 0 Å². The number of hydrogen-bond acceptors (Lipinski definition) is 1. The van der Waals surface area contributed by atoms with Gasteiger partial charge in [0.2, 0.25) is 0 Å². The SMILES string of the molecule is NC1C=C(Cc2ccc(Cl)cc2Cl)CCC1. The second kappa shape index (κ2) is 5.22. The molecule has 1 atom stereocenters. The molecule has 2 N–H and O–H groups in total. The first-order valence-electron chi connectivity index (χ1n) is 5.54. The highest BCUT2D eigenvalue weighted by Gasteiger charge is 2.11. The molecule has 0 saturated carbocycles. The fraction of sp³-hybridized carbons (Fsp3) is 0.385. The van der Waals surface area contributed by atoms with Gasteiger partial charge in [-0.05, 0) is 43.4 Å². The highest BCUT2D eigenvalue weighted by molar-refractivity contribution is 6.35. The van der Waals surface area contributed by atoms with Gasteiger partial charge in [0.05, 0.1) is 0 Å². The van der Waals surface area contributed by atoms with Crippen molar-refractivity contribution in [2.75, 3.05) is 0 Å². The van der Waals surface area contributed by atoms with Crippen molar-refractivity contribution in [2.24, 2.45) is 5.73 Å². The molecule has 2 rings (SSSR count). The monoisotopic (exact) mass is 255 g/mol. The van der Waals surface area contributed by atoms with Gasteiger partial charge in [0.15, 0.2) is 0 Å². The number of halogens is 2. The summed E-state index contributed by atoms with van der Waals surface area (Å²) in [7, 11) is 0. The molecule has 0 spiro atoms. The van der Waals surface area contributed by atoms with Gasteiger partial charge in [-0.1, -0.05) is 40.9 Å². The number of hydrogen-bond donors (Lipinski definition) is 1. The zero-order valence-corrected chi connectivity index (χ0v) is 10.6. The Hall–Kier alpha value is -0.500. The Morgan fingerprint density at radius 3 is 2.81 bits per heavy atom. The molecule has 0 fully saturated rings. The maximum absolute atomic E-state index is 6.14. The van der Waals surface area contributed by atoms with Crippen molar-refractivity contribution in [3.63, 3.8) is 0 Å². The first kappa shape index (κ1) is 12.0. The van der Waals surface area contributed by atoms with Crippen molar-refractivity contribution < 1.29 is 0 Å². The summed E-state index contributed by atoms with van der Waals surface area (Å²) in [6, 6.07) is 5.88. The molecule has 0 aliphatic heterocycles. The van der Waals surface area contributed by atoms with Crippen molar-refractivity contribution >= 4 is 23.2 Å². The van der Waals surface area contributed by atoms with Crippen LogP contribution in [0.5, 0.6) is 0 Å². The Labute approximate surface area is 106 Å². The van der Waals surface area contributed by atoms with E-state index < -0.39 is 0 Å². The van der Waals surface area contributed by atoms with Crippen LogP contribution in [-0.2, 0) is 6.42 Å². The fourth-order valence-electron chi connectivity index (χ4n) is 2.09. The molecule has 0 heterocycles. The summed E-state index contributed by atoms with van der Waals surface area (Å²) in [6.07, 6.45) is 6.47. The number of allylic oxidation sites excluding steroid dienone is 1. The van der Waals surface area contributed by atoms with E-state index in [1.807, 2.05) is 12.1 Å². The zero-order valence-electron chi connectivity index (χ0n) is 9.05.